The van der Waals surface area contributed by atoms with Crippen LogP contribution >= 0.6 is 0 Å². The van der Waals surface area contributed by atoms with E-state index in [4.69, 9.17) is 10.00 Å². The Labute approximate surface area is 108 Å². The summed E-state index contributed by atoms with van der Waals surface area (Å²) in [6, 6.07) is 6.41. The molecule has 0 spiro atoms. The molecule has 4 heteroatoms. The van der Waals surface area contributed by atoms with E-state index in [1.54, 1.807) is 12.1 Å². The smallest absolute Gasteiger partial charge is 0.140 e. The van der Waals surface area contributed by atoms with Gasteiger partial charge in [-0.2, -0.15) is 5.26 Å². The Bertz CT molecular complexity index is 401. The van der Waals surface area contributed by atoms with E-state index in [9.17, 15) is 4.39 Å². The Balaban J connectivity index is 2.22. The summed E-state index contributed by atoms with van der Waals surface area (Å²) in [7, 11) is 0. The lowest BCUT2D eigenvalue weighted by Gasteiger charge is -2.06. The van der Waals surface area contributed by atoms with Crippen molar-refractivity contribution in [1.29, 1.82) is 5.26 Å². The summed E-state index contributed by atoms with van der Waals surface area (Å²) in [5.74, 6) is -0.468. The second-order valence-electron chi connectivity index (χ2n) is 4.07. The molecule has 0 amide bonds. The van der Waals surface area contributed by atoms with Gasteiger partial charge in [-0.25, -0.2) is 4.39 Å². The van der Waals surface area contributed by atoms with Crippen molar-refractivity contribution in [3.8, 4) is 6.07 Å². The number of unbranched alkanes of at least 4 members (excludes halogenated alkanes) is 1. The second-order valence-corrected chi connectivity index (χ2v) is 4.07. The van der Waals surface area contributed by atoms with Crippen LogP contribution in [-0.2, 0) is 11.3 Å². The average Bonchev–Trinajstić information content (AvgIpc) is 2.39. The highest BCUT2D eigenvalue weighted by atomic mass is 19.1. The van der Waals surface area contributed by atoms with Gasteiger partial charge in [-0.1, -0.05) is 19.4 Å². The molecule has 18 heavy (non-hydrogen) atoms. The van der Waals surface area contributed by atoms with Crippen LogP contribution in [0.25, 0.3) is 0 Å². The molecule has 3 nitrogen and oxygen atoms in total. The first kappa shape index (κ1) is 14.6. The Kier molecular flexibility index (Phi) is 7.00. The molecule has 0 aliphatic heterocycles. The molecule has 1 aromatic rings. The molecular formula is C14H19FN2O. The van der Waals surface area contributed by atoms with Crippen LogP contribution in [-0.4, -0.2) is 19.8 Å². The lowest BCUT2D eigenvalue weighted by molar-refractivity contribution is 0.133. The van der Waals surface area contributed by atoms with Gasteiger partial charge in [0.05, 0.1) is 12.2 Å². The fourth-order valence-electron chi connectivity index (χ4n) is 1.49. The van der Waals surface area contributed by atoms with Crippen LogP contribution in [0, 0.1) is 17.1 Å². The minimum absolute atomic E-state index is 0.0912. The number of rotatable bonds is 8. The van der Waals surface area contributed by atoms with Crippen LogP contribution in [0.2, 0.25) is 0 Å². The molecule has 1 N–H and O–H groups in total. The fraction of sp³-hybridized carbons (Fsp3) is 0.500. The number of benzene rings is 1. The molecule has 0 atom stereocenters. The minimum atomic E-state index is -0.468. The number of hydrogen-bond donors (Lipinski definition) is 1. The standard InChI is InChI=1S/C14H19FN2O/c1-2-3-7-18-8-6-17-11-12-4-5-14(15)13(9-12)10-16/h4-5,9,17H,2-3,6-8,11H2,1H3. The SMILES string of the molecule is CCCCOCCNCc1ccc(F)c(C#N)c1. The van der Waals surface area contributed by atoms with Crippen LogP contribution in [0.3, 0.4) is 0 Å². The number of nitrogens with one attached hydrogen (secondary N) is 1. The van der Waals surface area contributed by atoms with Gasteiger partial charge in [0.2, 0.25) is 0 Å². The van der Waals surface area contributed by atoms with Crippen LogP contribution in [0.1, 0.15) is 30.9 Å². The van der Waals surface area contributed by atoms with Gasteiger partial charge >= 0.3 is 0 Å². The zero-order chi connectivity index (χ0) is 13.2. The summed E-state index contributed by atoms with van der Waals surface area (Å²) in [4.78, 5) is 0. The molecule has 0 aliphatic carbocycles. The van der Waals surface area contributed by atoms with E-state index in [1.807, 2.05) is 6.07 Å². The predicted molar refractivity (Wildman–Crippen MR) is 68.5 cm³/mol. The van der Waals surface area contributed by atoms with Crippen LogP contribution < -0.4 is 5.32 Å². The normalized spacial score (nSPS) is 10.3. The zero-order valence-corrected chi connectivity index (χ0v) is 10.7. The van der Waals surface area contributed by atoms with E-state index in [2.05, 4.69) is 12.2 Å². The number of nitriles is 1. The van der Waals surface area contributed by atoms with Crippen molar-refractivity contribution in [3.05, 3.63) is 35.1 Å². The molecule has 1 rings (SSSR count). The highest BCUT2D eigenvalue weighted by Crippen LogP contribution is 2.09. The molecule has 0 saturated heterocycles. The molecule has 0 radical (unpaired) electrons. The third kappa shape index (κ3) is 5.26. The van der Waals surface area contributed by atoms with Crippen molar-refractivity contribution < 1.29 is 9.13 Å². The predicted octanol–water partition coefficient (Wildman–Crippen LogP) is 2.60. The summed E-state index contributed by atoms with van der Waals surface area (Å²) in [5, 5.41) is 11.9. The lowest BCUT2D eigenvalue weighted by Crippen LogP contribution is -2.19. The maximum atomic E-state index is 13.1. The molecule has 0 fully saturated rings. The Hall–Kier alpha value is -1.44. The summed E-state index contributed by atoms with van der Waals surface area (Å²) in [5.41, 5.74) is 0.995. The van der Waals surface area contributed by atoms with Crippen molar-refractivity contribution in [2.75, 3.05) is 19.8 Å². The van der Waals surface area contributed by atoms with E-state index in [0.29, 0.717) is 13.2 Å². The first-order valence-corrected chi connectivity index (χ1v) is 6.25. The molecule has 0 saturated carbocycles. The summed E-state index contributed by atoms with van der Waals surface area (Å²) >= 11 is 0. The summed E-state index contributed by atoms with van der Waals surface area (Å²) < 4.78 is 18.5. The Morgan fingerprint density at radius 1 is 1.39 bits per heavy atom. The van der Waals surface area contributed by atoms with Crippen molar-refractivity contribution in [2.24, 2.45) is 0 Å². The Morgan fingerprint density at radius 3 is 2.94 bits per heavy atom. The topological polar surface area (TPSA) is 45.0 Å². The van der Waals surface area contributed by atoms with Crippen molar-refractivity contribution in [3.63, 3.8) is 0 Å². The van der Waals surface area contributed by atoms with Crippen molar-refractivity contribution in [2.45, 2.75) is 26.3 Å². The van der Waals surface area contributed by atoms with E-state index < -0.39 is 5.82 Å². The van der Waals surface area contributed by atoms with Gasteiger partial charge in [-0.3, -0.25) is 0 Å². The summed E-state index contributed by atoms with van der Waals surface area (Å²) in [6.07, 6.45) is 2.23. The first-order valence-electron chi connectivity index (χ1n) is 6.25. The zero-order valence-electron chi connectivity index (χ0n) is 10.7. The first-order chi connectivity index (χ1) is 8.77. The van der Waals surface area contributed by atoms with Crippen LogP contribution in [0.5, 0.6) is 0 Å². The quantitative estimate of drug-likeness (QED) is 0.721. The average molecular weight is 250 g/mol. The number of halogens is 1. The lowest BCUT2D eigenvalue weighted by atomic mass is 10.1. The fourth-order valence-corrected chi connectivity index (χ4v) is 1.49. The van der Waals surface area contributed by atoms with Gasteiger partial charge < -0.3 is 10.1 Å². The van der Waals surface area contributed by atoms with Gasteiger partial charge in [0.25, 0.3) is 0 Å². The molecule has 0 aliphatic rings. The van der Waals surface area contributed by atoms with Crippen molar-refractivity contribution >= 4 is 0 Å². The largest absolute Gasteiger partial charge is 0.380 e. The molecule has 98 valence electrons. The number of hydrogen-bond acceptors (Lipinski definition) is 3. The molecule has 0 unspecified atom stereocenters. The highest BCUT2D eigenvalue weighted by Gasteiger charge is 2.02. The molecule has 0 heterocycles. The van der Waals surface area contributed by atoms with E-state index in [0.717, 1.165) is 31.6 Å². The highest BCUT2D eigenvalue weighted by molar-refractivity contribution is 5.34. The third-order valence-corrected chi connectivity index (χ3v) is 2.55. The van der Waals surface area contributed by atoms with Gasteiger partial charge in [0, 0.05) is 19.7 Å². The molecule has 1 aromatic carbocycles. The monoisotopic (exact) mass is 250 g/mol. The van der Waals surface area contributed by atoms with Crippen LogP contribution in [0.15, 0.2) is 18.2 Å². The van der Waals surface area contributed by atoms with Gasteiger partial charge in [0.1, 0.15) is 11.9 Å². The van der Waals surface area contributed by atoms with Gasteiger partial charge in [0.15, 0.2) is 0 Å². The van der Waals surface area contributed by atoms with Crippen LogP contribution in [0.4, 0.5) is 4.39 Å². The molecular weight excluding hydrogens is 231 g/mol. The van der Waals surface area contributed by atoms with E-state index in [1.165, 1.54) is 6.07 Å². The third-order valence-electron chi connectivity index (χ3n) is 2.55. The molecule has 0 bridgehead atoms. The number of nitrogens with zero attached hydrogens (tertiary/aromatic N) is 1. The minimum Gasteiger partial charge on any atom is -0.380 e. The van der Waals surface area contributed by atoms with Gasteiger partial charge in [-0.05, 0) is 24.1 Å². The van der Waals surface area contributed by atoms with E-state index >= 15 is 0 Å². The van der Waals surface area contributed by atoms with E-state index in [-0.39, 0.29) is 5.56 Å². The van der Waals surface area contributed by atoms with Gasteiger partial charge in [-0.15, -0.1) is 0 Å². The van der Waals surface area contributed by atoms with Crippen molar-refractivity contribution in [1.82, 2.24) is 5.32 Å². The second kappa shape index (κ2) is 8.62. The number of ether oxygens (including phenoxy) is 1. The maximum absolute atomic E-state index is 13.1. The summed E-state index contributed by atoms with van der Waals surface area (Å²) in [6.45, 7) is 4.97. The Morgan fingerprint density at radius 2 is 2.22 bits per heavy atom. The molecule has 0 aromatic heterocycles. The maximum Gasteiger partial charge on any atom is 0.140 e.